The van der Waals surface area contributed by atoms with Crippen LogP contribution >= 0.6 is 0 Å². The van der Waals surface area contributed by atoms with Gasteiger partial charge in [-0.05, 0) is 62.8 Å². The lowest BCUT2D eigenvalue weighted by Gasteiger charge is -2.29. The van der Waals surface area contributed by atoms with Crippen molar-refractivity contribution in [2.45, 2.75) is 51.9 Å². The largest absolute Gasteiger partial charge is 0.372 e. The van der Waals surface area contributed by atoms with Crippen molar-refractivity contribution in [1.29, 1.82) is 0 Å². The van der Waals surface area contributed by atoms with Gasteiger partial charge in [0.1, 0.15) is 5.41 Å². The lowest BCUT2D eigenvalue weighted by atomic mass is 10.0. The minimum Gasteiger partial charge on any atom is -0.372 e. The fourth-order valence-corrected chi connectivity index (χ4v) is 3.68. The van der Waals surface area contributed by atoms with Gasteiger partial charge in [0.05, 0.1) is 0 Å². The Morgan fingerprint density at radius 3 is 2.35 bits per heavy atom. The van der Waals surface area contributed by atoms with Crippen molar-refractivity contribution in [3.05, 3.63) is 24.3 Å². The maximum atomic E-state index is 12.7. The maximum absolute atomic E-state index is 12.7. The van der Waals surface area contributed by atoms with Gasteiger partial charge in [0.25, 0.3) is 0 Å². The van der Waals surface area contributed by atoms with Crippen LogP contribution in [-0.4, -0.2) is 43.4 Å². The normalized spacial score (nSPS) is 18.3. The second kappa shape index (κ2) is 8.11. The van der Waals surface area contributed by atoms with Crippen LogP contribution in [0.5, 0.6) is 0 Å². The lowest BCUT2D eigenvalue weighted by molar-refractivity contribution is -0.141. The summed E-state index contributed by atoms with van der Waals surface area (Å²) < 4.78 is 0. The van der Waals surface area contributed by atoms with E-state index in [1.807, 2.05) is 12.1 Å². The Kier molecular flexibility index (Phi) is 5.84. The van der Waals surface area contributed by atoms with Gasteiger partial charge >= 0.3 is 0 Å². The number of hydrogen-bond acceptors (Lipinski definition) is 3. The van der Waals surface area contributed by atoms with E-state index in [1.165, 1.54) is 24.9 Å². The highest BCUT2D eigenvalue weighted by molar-refractivity contribution is 6.13. The van der Waals surface area contributed by atoms with Crippen LogP contribution in [0.4, 0.5) is 11.4 Å². The summed E-state index contributed by atoms with van der Waals surface area (Å²) in [6.45, 7) is 5.03. The van der Waals surface area contributed by atoms with Gasteiger partial charge < -0.3 is 15.1 Å². The van der Waals surface area contributed by atoms with E-state index in [9.17, 15) is 9.59 Å². The third-order valence-corrected chi connectivity index (χ3v) is 5.63. The van der Waals surface area contributed by atoms with Crippen molar-refractivity contribution in [2.75, 3.05) is 36.9 Å². The summed E-state index contributed by atoms with van der Waals surface area (Å²) in [6, 6.07) is 8.03. The molecule has 1 aliphatic heterocycles. The molecule has 3 rings (SSSR count). The van der Waals surface area contributed by atoms with E-state index in [1.54, 1.807) is 11.9 Å². The average Bonchev–Trinajstić information content (AvgIpc) is 3.49. The smallest absolute Gasteiger partial charge is 0.240 e. The summed E-state index contributed by atoms with van der Waals surface area (Å²) in [7, 11) is 1.80. The molecule has 0 unspecified atom stereocenters. The van der Waals surface area contributed by atoms with E-state index in [-0.39, 0.29) is 11.8 Å². The van der Waals surface area contributed by atoms with Gasteiger partial charge in [-0.25, -0.2) is 0 Å². The molecule has 1 heterocycles. The zero-order chi connectivity index (χ0) is 18.6. The number of amides is 2. The highest BCUT2D eigenvalue weighted by Crippen LogP contribution is 2.48. The molecule has 2 aliphatic rings. The minimum absolute atomic E-state index is 0.0339. The molecule has 5 heteroatoms. The summed E-state index contributed by atoms with van der Waals surface area (Å²) >= 11 is 0. The molecular formula is C21H31N3O2. The lowest BCUT2D eigenvalue weighted by Crippen LogP contribution is -2.41. The number of nitrogens with zero attached hydrogens (tertiary/aromatic N) is 2. The molecule has 1 aliphatic carbocycles. The number of carbonyl (C=O) groups is 2. The summed E-state index contributed by atoms with van der Waals surface area (Å²) in [5, 5.41) is 2.96. The van der Waals surface area contributed by atoms with Gasteiger partial charge in [0.15, 0.2) is 0 Å². The highest BCUT2D eigenvalue weighted by atomic mass is 16.2. The van der Waals surface area contributed by atoms with Crippen LogP contribution in [0.1, 0.15) is 51.9 Å². The third-order valence-electron chi connectivity index (χ3n) is 5.63. The van der Waals surface area contributed by atoms with Crippen molar-refractivity contribution in [3.8, 4) is 0 Å². The molecule has 1 saturated carbocycles. The second-order valence-electron chi connectivity index (χ2n) is 7.71. The zero-order valence-corrected chi connectivity index (χ0v) is 16.1. The number of benzene rings is 1. The van der Waals surface area contributed by atoms with Crippen LogP contribution in [0.25, 0.3) is 0 Å². The average molecular weight is 357 g/mol. The van der Waals surface area contributed by atoms with E-state index in [0.717, 1.165) is 38.2 Å². The Balaban J connectivity index is 1.59. The predicted molar refractivity (Wildman–Crippen MR) is 105 cm³/mol. The first-order chi connectivity index (χ1) is 12.6. The highest BCUT2D eigenvalue weighted by Gasteiger charge is 2.57. The summed E-state index contributed by atoms with van der Waals surface area (Å²) in [5.41, 5.74) is 1.14. The topological polar surface area (TPSA) is 52.7 Å². The van der Waals surface area contributed by atoms with Gasteiger partial charge in [-0.3, -0.25) is 9.59 Å². The molecule has 1 N–H and O–H groups in total. The van der Waals surface area contributed by atoms with Crippen LogP contribution in [0.15, 0.2) is 24.3 Å². The van der Waals surface area contributed by atoms with Crippen LogP contribution in [0.3, 0.4) is 0 Å². The van der Waals surface area contributed by atoms with Crippen molar-refractivity contribution in [2.24, 2.45) is 5.41 Å². The first-order valence-electron chi connectivity index (χ1n) is 9.99. The molecule has 1 saturated heterocycles. The van der Waals surface area contributed by atoms with Gasteiger partial charge in [-0.15, -0.1) is 0 Å². The van der Waals surface area contributed by atoms with Gasteiger partial charge in [0.2, 0.25) is 11.8 Å². The van der Waals surface area contributed by atoms with E-state index in [0.29, 0.717) is 12.8 Å². The number of hydrogen-bond donors (Lipinski definition) is 1. The molecule has 142 valence electrons. The molecule has 2 fully saturated rings. The standard InChI is InChI=1S/C21H31N3O2/c1-3-4-14-23(2)20(26)21(12-13-21)19(25)22-17-8-10-18(11-9-17)24-15-6-5-7-16-24/h8-11H,3-7,12-16H2,1-2H3,(H,22,25). The van der Waals surface area contributed by atoms with Crippen LogP contribution in [0.2, 0.25) is 0 Å². The van der Waals surface area contributed by atoms with Gasteiger partial charge in [-0.2, -0.15) is 0 Å². The molecule has 26 heavy (non-hydrogen) atoms. The fraction of sp³-hybridized carbons (Fsp3) is 0.619. The van der Waals surface area contributed by atoms with Crippen LogP contribution in [-0.2, 0) is 9.59 Å². The number of anilines is 2. The fourth-order valence-electron chi connectivity index (χ4n) is 3.68. The molecular weight excluding hydrogens is 326 g/mol. The van der Waals surface area contributed by atoms with E-state index in [4.69, 9.17) is 0 Å². The third kappa shape index (κ3) is 4.02. The first kappa shape index (κ1) is 18.7. The second-order valence-corrected chi connectivity index (χ2v) is 7.71. The Bertz CT molecular complexity index is 631. The minimum atomic E-state index is -0.839. The number of rotatable bonds is 7. The number of carbonyl (C=O) groups excluding carboxylic acids is 2. The molecule has 2 amide bonds. The maximum Gasteiger partial charge on any atom is 0.240 e. The molecule has 1 aromatic carbocycles. The Morgan fingerprint density at radius 2 is 1.77 bits per heavy atom. The predicted octanol–water partition coefficient (Wildman–Crippen LogP) is 3.65. The SMILES string of the molecule is CCCCN(C)C(=O)C1(C(=O)Nc2ccc(N3CCCCC3)cc2)CC1. The van der Waals surface area contributed by atoms with Gasteiger partial charge in [0, 0.05) is 38.1 Å². The number of piperidine rings is 1. The van der Waals surface area contributed by atoms with Crippen molar-refractivity contribution >= 4 is 23.2 Å². The van der Waals surface area contributed by atoms with Crippen molar-refractivity contribution in [3.63, 3.8) is 0 Å². The van der Waals surface area contributed by atoms with Crippen LogP contribution in [0, 0.1) is 5.41 Å². The summed E-state index contributed by atoms with van der Waals surface area (Å²) in [6.07, 6.45) is 7.12. The molecule has 0 atom stereocenters. The monoisotopic (exact) mass is 357 g/mol. The Morgan fingerprint density at radius 1 is 1.12 bits per heavy atom. The van der Waals surface area contributed by atoms with Crippen molar-refractivity contribution in [1.82, 2.24) is 4.90 Å². The van der Waals surface area contributed by atoms with E-state index >= 15 is 0 Å². The number of unbranched alkanes of at least 4 members (excludes halogenated alkanes) is 1. The zero-order valence-electron chi connectivity index (χ0n) is 16.1. The number of nitrogens with one attached hydrogen (secondary N) is 1. The van der Waals surface area contributed by atoms with Crippen LogP contribution < -0.4 is 10.2 Å². The van der Waals surface area contributed by atoms with Gasteiger partial charge in [-0.1, -0.05) is 13.3 Å². The summed E-state index contributed by atoms with van der Waals surface area (Å²) in [4.78, 5) is 29.5. The molecule has 0 spiro atoms. The quantitative estimate of drug-likeness (QED) is 0.758. The summed E-state index contributed by atoms with van der Waals surface area (Å²) in [5.74, 6) is -0.190. The molecule has 0 aromatic heterocycles. The molecule has 0 radical (unpaired) electrons. The Hall–Kier alpha value is -2.04. The molecule has 5 nitrogen and oxygen atoms in total. The Labute approximate surface area is 156 Å². The molecule has 1 aromatic rings. The molecule has 0 bridgehead atoms. The van der Waals surface area contributed by atoms with E-state index < -0.39 is 5.41 Å². The van der Waals surface area contributed by atoms with Crippen molar-refractivity contribution < 1.29 is 9.59 Å². The first-order valence-corrected chi connectivity index (χ1v) is 9.99. The van der Waals surface area contributed by atoms with E-state index in [2.05, 4.69) is 29.3 Å².